The Bertz CT molecular complexity index is 869. The molecule has 0 saturated carbocycles. The number of halogens is 2. The summed E-state index contributed by atoms with van der Waals surface area (Å²) in [7, 11) is -3.87. The number of benzene rings is 2. The van der Waals surface area contributed by atoms with E-state index in [1.165, 1.54) is 24.3 Å². The summed E-state index contributed by atoms with van der Waals surface area (Å²) in [6, 6.07) is 10.7. The van der Waals surface area contributed by atoms with Crippen molar-refractivity contribution in [1.82, 2.24) is 4.83 Å². The number of rotatable bonds is 8. The Labute approximate surface area is 150 Å². The van der Waals surface area contributed by atoms with Crippen LogP contribution in [-0.2, 0) is 10.0 Å². The number of alkyl halides is 2. The molecule has 0 unspecified atom stereocenters. The molecule has 2 aromatic rings. The van der Waals surface area contributed by atoms with Crippen molar-refractivity contribution in [2.45, 2.75) is 25.4 Å². The van der Waals surface area contributed by atoms with Crippen LogP contribution in [0, 0.1) is 6.92 Å². The highest BCUT2D eigenvalue weighted by molar-refractivity contribution is 7.89. The first-order valence-electron chi connectivity index (χ1n) is 7.65. The van der Waals surface area contributed by atoms with Gasteiger partial charge in [0.15, 0.2) is 11.5 Å². The molecular weight excluding hydrogens is 366 g/mol. The van der Waals surface area contributed by atoms with Gasteiger partial charge in [-0.15, -0.1) is 0 Å². The first kappa shape index (κ1) is 19.6. The zero-order chi connectivity index (χ0) is 19.2. The van der Waals surface area contributed by atoms with Gasteiger partial charge in [0.25, 0.3) is 10.0 Å². The monoisotopic (exact) mass is 384 g/mol. The fourth-order valence-electron chi connectivity index (χ4n) is 2.05. The van der Waals surface area contributed by atoms with Gasteiger partial charge in [-0.3, -0.25) is 0 Å². The number of ether oxygens (including phenoxy) is 2. The molecule has 140 valence electrons. The van der Waals surface area contributed by atoms with Crippen molar-refractivity contribution in [2.75, 3.05) is 6.61 Å². The molecule has 9 heteroatoms. The van der Waals surface area contributed by atoms with Gasteiger partial charge in [-0.25, -0.2) is 4.83 Å². The summed E-state index contributed by atoms with van der Waals surface area (Å²) < 4.78 is 59.4. The van der Waals surface area contributed by atoms with Crippen LogP contribution in [0.4, 0.5) is 8.78 Å². The average molecular weight is 384 g/mol. The number of hydrogen-bond donors (Lipinski definition) is 1. The van der Waals surface area contributed by atoms with Gasteiger partial charge in [0.2, 0.25) is 0 Å². The second kappa shape index (κ2) is 8.61. The molecular formula is C17H18F2N2O4S. The third-order valence-electron chi connectivity index (χ3n) is 3.22. The van der Waals surface area contributed by atoms with Crippen molar-refractivity contribution in [3.63, 3.8) is 0 Å². The predicted molar refractivity (Wildman–Crippen MR) is 93.3 cm³/mol. The van der Waals surface area contributed by atoms with Gasteiger partial charge < -0.3 is 9.47 Å². The molecule has 0 amide bonds. The highest BCUT2D eigenvalue weighted by Gasteiger charge is 2.16. The van der Waals surface area contributed by atoms with E-state index in [9.17, 15) is 17.2 Å². The fourth-order valence-corrected chi connectivity index (χ4v) is 2.85. The smallest absolute Gasteiger partial charge is 0.387 e. The van der Waals surface area contributed by atoms with Crippen LogP contribution >= 0.6 is 0 Å². The fraction of sp³-hybridized carbons (Fsp3) is 0.235. The molecule has 0 atom stereocenters. The van der Waals surface area contributed by atoms with Crippen LogP contribution in [0.5, 0.6) is 11.5 Å². The Morgan fingerprint density at radius 1 is 1.19 bits per heavy atom. The van der Waals surface area contributed by atoms with E-state index >= 15 is 0 Å². The van der Waals surface area contributed by atoms with Gasteiger partial charge in [-0.1, -0.05) is 23.8 Å². The Hall–Kier alpha value is -2.68. The summed E-state index contributed by atoms with van der Waals surface area (Å²) in [4.78, 5) is 2.07. The van der Waals surface area contributed by atoms with E-state index < -0.39 is 16.6 Å². The molecule has 2 rings (SSSR count). The zero-order valence-electron chi connectivity index (χ0n) is 14.1. The number of aryl methyl sites for hydroxylation is 1. The standard InChI is InChI=1S/C17H18F2N2O4S/c1-3-24-15-6-4-5-13(16(15)25-17(18)19)11-20-21-26(22,23)14-9-7-12(2)8-10-14/h4-11,17,21H,3H2,1-2H3/b20-11-. The molecule has 0 heterocycles. The second-order valence-corrected chi connectivity index (χ2v) is 6.81. The Morgan fingerprint density at radius 2 is 1.88 bits per heavy atom. The second-order valence-electron chi connectivity index (χ2n) is 5.15. The van der Waals surface area contributed by atoms with Gasteiger partial charge in [-0.05, 0) is 38.1 Å². The third-order valence-corrected chi connectivity index (χ3v) is 4.46. The molecule has 6 nitrogen and oxygen atoms in total. The van der Waals surface area contributed by atoms with Crippen LogP contribution in [0.15, 0.2) is 52.5 Å². The SMILES string of the molecule is CCOc1cccc(/C=N\NS(=O)(=O)c2ccc(C)cc2)c1OC(F)F. The summed E-state index contributed by atoms with van der Waals surface area (Å²) in [6.45, 7) is 0.716. The maximum Gasteiger partial charge on any atom is 0.387 e. The summed E-state index contributed by atoms with van der Waals surface area (Å²) in [5.41, 5.74) is 1.05. The minimum absolute atomic E-state index is 0.0346. The Kier molecular flexibility index (Phi) is 6.51. The molecule has 0 radical (unpaired) electrons. The van der Waals surface area contributed by atoms with Crippen LogP contribution in [0.1, 0.15) is 18.1 Å². The highest BCUT2D eigenvalue weighted by Crippen LogP contribution is 2.31. The summed E-state index contributed by atoms with van der Waals surface area (Å²) in [5.74, 6) is -0.110. The van der Waals surface area contributed by atoms with E-state index in [2.05, 4.69) is 9.84 Å². The minimum atomic E-state index is -3.87. The number of nitrogens with zero attached hydrogens (tertiary/aromatic N) is 1. The maximum absolute atomic E-state index is 12.7. The lowest BCUT2D eigenvalue weighted by atomic mass is 10.2. The lowest BCUT2D eigenvalue weighted by molar-refractivity contribution is -0.0515. The molecule has 0 aliphatic carbocycles. The first-order chi connectivity index (χ1) is 12.3. The molecule has 0 spiro atoms. The van der Waals surface area contributed by atoms with Crippen LogP contribution in [0.2, 0.25) is 0 Å². The lowest BCUT2D eigenvalue weighted by Crippen LogP contribution is -2.18. The molecule has 1 N–H and O–H groups in total. The molecule has 0 fully saturated rings. The van der Waals surface area contributed by atoms with Crippen LogP contribution in [-0.4, -0.2) is 27.9 Å². The van der Waals surface area contributed by atoms with E-state index in [4.69, 9.17) is 4.74 Å². The molecule has 0 aromatic heterocycles. The molecule has 0 aliphatic rings. The number of hydrazone groups is 1. The normalized spacial score (nSPS) is 11.7. The molecule has 2 aromatic carbocycles. The third kappa shape index (κ3) is 5.16. The minimum Gasteiger partial charge on any atom is -0.490 e. The maximum atomic E-state index is 12.7. The van der Waals surface area contributed by atoms with Gasteiger partial charge in [0.05, 0.1) is 17.7 Å². The Morgan fingerprint density at radius 3 is 2.50 bits per heavy atom. The Balaban J connectivity index is 2.24. The number of hydrogen-bond acceptors (Lipinski definition) is 5. The lowest BCUT2D eigenvalue weighted by Gasteiger charge is -2.13. The zero-order valence-corrected chi connectivity index (χ0v) is 15.0. The van der Waals surface area contributed by atoms with Crippen LogP contribution < -0.4 is 14.3 Å². The van der Waals surface area contributed by atoms with E-state index in [1.807, 2.05) is 11.8 Å². The van der Waals surface area contributed by atoms with Crippen LogP contribution in [0.25, 0.3) is 0 Å². The predicted octanol–water partition coefficient (Wildman–Crippen LogP) is 3.31. The van der Waals surface area contributed by atoms with Crippen molar-refractivity contribution in [2.24, 2.45) is 5.10 Å². The average Bonchev–Trinajstić information content (AvgIpc) is 2.57. The molecule has 0 saturated heterocycles. The van der Waals surface area contributed by atoms with Gasteiger partial charge in [0, 0.05) is 5.56 Å². The number of sulfonamides is 1. The van der Waals surface area contributed by atoms with Crippen molar-refractivity contribution in [3.05, 3.63) is 53.6 Å². The van der Waals surface area contributed by atoms with Gasteiger partial charge in [0.1, 0.15) is 0 Å². The van der Waals surface area contributed by atoms with Gasteiger partial charge >= 0.3 is 6.61 Å². The molecule has 26 heavy (non-hydrogen) atoms. The summed E-state index contributed by atoms with van der Waals surface area (Å²) in [5, 5.41) is 3.64. The topological polar surface area (TPSA) is 77.0 Å². The van der Waals surface area contributed by atoms with E-state index in [1.54, 1.807) is 25.1 Å². The first-order valence-corrected chi connectivity index (χ1v) is 9.14. The van der Waals surface area contributed by atoms with Crippen molar-refractivity contribution < 1.29 is 26.7 Å². The molecule has 0 aliphatic heterocycles. The van der Waals surface area contributed by atoms with E-state index in [-0.39, 0.29) is 28.6 Å². The summed E-state index contributed by atoms with van der Waals surface area (Å²) in [6.07, 6.45) is 1.08. The van der Waals surface area contributed by atoms with Crippen molar-refractivity contribution in [3.8, 4) is 11.5 Å². The largest absolute Gasteiger partial charge is 0.490 e. The summed E-state index contributed by atoms with van der Waals surface area (Å²) >= 11 is 0. The number of nitrogens with one attached hydrogen (secondary N) is 1. The van der Waals surface area contributed by atoms with Gasteiger partial charge in [-0.2, -0.15) is 22.3 Å². The van der Waals surface area contributed by atoms with Crippen molar-refractivity contribution in [1.29, 1.82) is 0 Å². The highest BCUT2D eigenvalue weighted by atomic mass is 32.2. The molecule has 0 bridgehead atoms. The quantitative estimate of drug-likeness (QED) is 0.560. The van der Waals surface area contributed by atoms with Crippen molar-refractivity contribution >= 4 is 16.2 Å². The van der Waals surface area contributed by atoms with E-state index in [0.717, 1.165) is 11.8 Å². The van der Waals surface area contributed by atoms with E-state index in [0.29, 0.717) is 0 Å². The number of para-hydroxylation sites is 1. The van der Waals surface area contributed by atoms with Crippen LogP contribution in [0.3, 0.4) is 0 Å².